The molecule has 0 amide bonds. The molecule has 122 valence electrons. The fraction of sp³-hybridized carbons (Fsp3) is 0.471. The molecule has 2 aromatic rings. The number of carbonyl (C=O) groups is 1. The van der Waals surface area contributed by atoms with E-state index in [0.717, 1.165) is 47.9 Å². The van der Waals surface area contributed by atoms with Crippen LogP contribution in [-0.2, 0) is 11.3 Å². The average Bonchev–Trinajstić information content (AvgIpc) is 3.01. The first kappa shape index (κ1) is 16.1. The predicted molar refractivity (Wildman–Crippen MR) is 91.1 cm³/mol. The number of ketones is 1. The number of ether oxygens (including phenoxy) is 1. The summed E-state index contributed by atoms with van der Waals surface area (Å²) < 4.78 is 5.13. The Hall–Kier alpha value is -1.79. The molecule has 0 radical (unpaired) electrons. The van der Waals surface area contributed by atoms with Crippen LogP contribution in [-0.4, -0.2) is 36.0 Å². The van der Waals surface area contributed by atoms with E-state index in [1.807, 2.05) is 24.4 Å². The molecule has 3 rings (SSSR count). The number of hydrogen-bond donors (Lipinski definition) is 0. The van der Waals surface area contributed by atoms with Gasteiger partial charge >= 0.3 is 0 Å². The summed E-state index contributed by atoms with van der Waals surface area (Å²) in [5.74, 6) is 1.20. The summed E-state index contributed by atoms with van der Waals surface area (Å²) in [4.78, 5) is 24.4. The number of thiophene rings is 1. The zero-order valence-corrected chi connectivity index (χ0v) is 14.3. The summed E-state index contributed by atoms with van der Waals surface area (Å²) in [6.07, 6.45) is 3.52. The third-order valence-corrected chi connectivity index (χ3v) is 5.23. The number of piperidine rings is 1. The van der Waals surface area contributed by atoms with Crippen molar-refractivity contribution in [3.05, 3.63) is 40.0 Å². The number of anilines is 1. The van der Waals surface area contributed by atoms with Gasteiger partial charge in [-0.15, -0.1) is 11.3 Å². The maximum Gasteiger partial charge on any atom is 0.177 e. The SMILES string of the molecule is COCc1cc(N2CCC[C@@H](C(=O)c3sccc3C)C2)ncn1. The lowest BCUT2D eigenvalue weighted by atomic mass is 9.92. The summed E-state index contributed by atoms with van der Waals surface area (Å²) >= 11 is 1.55. The van der Waals surface area contributed by atoms with E-state index in [-0.39, 0.29) is 11.7 Å². The fourth-order valence-corrected chi connectivity index (χ4v) is 3.94. The molecule has 0 saturated carbocycles. The van der Waals surface area contributed by atoms with Gasteiger partial charge in [0, 0.05) is 32.2 Å². The zero-order chi connectivity index (χ0) is 16.2. The van der Waals surface area contributed by atoms with Gasteiger partial charge in [-0.25, -0.2) is 9.97 Å². The van der Waals surface area contributed by atoms with Gasteiger partial charge in [-0.3, -0.25) is 4.79 Å². The van der Waals surface area contributed by atoms with Crippen LogP contribution in [0.2, 0.25) is 0 Å². The Morgan fingerprint density at radius 2 is 2.35 bits per heavy atom. The van der Waals surface area contributed by atoms with Crippen LogP contribution in [0, 0.1) is 12.8 Å². The minimum absolute atomic E-state index is 0.0435. The molecule has 1 aliphatic rings. The zero-order valence-electron chi connectivity index (χ0n) is 13.5. The molecule has 1 aliphatic heterocycles. The van der Waals surface area contributed by atoms with Gasteiger partial charge in [0.2, 0.25) is 0 Å². The quantitative estimate of drug-likeness (QED) is 0.788. The minimum atomic E-state index is 0.0435. The summed E-state index contributed by atoms with van der Waals surface area (Å²) in [6, 6.07) is 3.96. The molecule has 2 aromatic heterocycles. The molecule has 0 bridgehead atoms. The van der Waals surface area contributed by atoms with Crippen molar-refractivity contribution >= 4 is 22.9 Å². The molecule has 0 aromatic carbocycles. The Balaban J connectivity index is 1.74. The van der Waals surface area contributed by atoms with Crippen LogP contribution >= 0.6 is 11.3 Å². The third-order valence-electron chi connectivity index (χ3n) is 4.20. The molecule has 0 spiro atoms. The third kappa shape index (κ3) is 3.59. The Labute approximate surface area is 140 Å². The van der Waals surface area contributed by atoms with E-state index in [2.05, 4.69) is 14.9 Å². The lowest BCUT2D eigenvalue weighted by Crippen LogP contribution is -2.39. The molecular weight excluding hydrogens is 310 g/mol. The van der Waals surface area contributed by atoms with Crippen molar-refractivity contribution < 1.29 is 9.53 Å². The highest BCUT2D eigenvalue weighted by atomic mass is 32.1. The number of aromatic nitrogens is 2. The first-order valence-electron chi connectivity index (χ1n) is 7.82. The van der Waals surface area contributed by atoms with Crippen LogP contribution in [0.1, 0.15) is 33.8 Å². The highest BCUT2D eigenvalue weighted by molar-refractivity contribution is 7.12. The molecule has 0 N–H and O–H groups in total. The molecule has 23 heavy (non-hydrogen) atoms. The first-order valence-corrected chi connectivity index (χ1v) is 8.70. The molecule has 5 nitrogen and oxygen atoms in total. The van der Waals surface area contributed by atoms with Crippen molar-refractivity contribution in [2.45, 2.75) is 26.4 Å². The highest BCUT2D eigenvalue weighted by Crippen LogP contribution is 2.27. The van der Waals surface area contributed by atoms with Gasteiger partial charge < -0.3 is 9.64 Å². The summed E-state index contributed by atoms with van der Waals surface area (Å²) in [5.41, 5.74) is 1.95. The van der Waals surface area contributed by atoms with E-state index in [9.17, 15) is 4.79 Å². The lowest BCUT2D eigenvalue weighted by Gasteiger charge is -2.32. The molecule has 6 heteroatoms. The second-order valence-electron chi connectivity index (χ2n) is 5.88. The van der Waals surface area contributed by atoms with Crippen LogP contribution in [0.3, 0.4) is 0 Å². The Kier molecular flexibility index (Phi) is 5.03. The highest BCUT2D eigenvalue weighted by Gasteiger charge is 2.28. The number of rotatable bonds is 5. The van der Waals surface area contributed by atoms with Crippen molar-refractivity contribution in [3.63, 3.8) is 0 Å². The molecule has 0 aliphatic carbocycles. The number of carbonyl (C=O) groups excluding carboxylic acids is 1. The van der Waals surface area contributed by atoms with Gasteiger partial charge in [0.1, 0.15) is 12.1 Å². The molecule has 1 saturated heterocycles. The molecule has 0 unspecified atom stereocenters. The van der Waals surface area contributed by atoms with E-state index in [0.29, 0.717) is 6.61 Å². The minimum Gasteiger partial charge on any atom is -0.378 e. The van der Waals surface area contributed by atoms with Gasteiger partial charge in [0.05, 0.1) is 17.2 Å². The second kappa shape index (κ2) is 7.19. The van der Waals surface area contributed by atoms with Crippen molar-refractivity contribution in [2.24, 2.45) is 5.92 Å². The Bertz CT molecular complexity index is 686. The van der Waals surface area contributed by atoms with Crippen LogP contribution < -0.4 is 4.90 Å². The molecule has 3 heterocycles. The van der Waals surface area contributed by atoms with Gasteiger partial charge in [0.25, 0.3) is 0 Å². The normalized spacial score (nSPS) is 18.2. The molecular formula is C17H21N3O2S. The lowest BCUT2D eigenvalue weighted by molar-refractivity contribution is 0.0910. The monoisotopic (exact) mass is 331 g/mol. The maximum absolute atomic E-state index is 12.8. The average molecular weight is 331 g/mol. The van der Waals surface area contributed by atoms with Crippen molar-refractivity contribution in [3.8, 4) is 0 Å². The van der Waals surface area contributed by atoms with Crippen LogP contribution in [0.5, 0.6) is 0 Å². The van der Waals surface area contributed by atoms with Gasteiger partial charge in [0.15, 0.2) is 5.78 Å². The van der Waals surface area contributed by atoms with Crippen molar-refractivity contribution in [2.75, 3.05) is 25.1 Å². The summed E-state index contributed by atoms with van der Waals surface area (Å²) in [7, 11) is 1.65. The van der Waals surface area contributed by atoms with E-state index >= 15 is 0 Å². The number of nitrogens with zero attached hydrogens (tertiary/aromatic N) is 3. The number of aryl methyl sites for hydroxylation is 1. The van der Waals surface area contributed by atoms with E-state index in [1.54, 1.807) is 24.8 Å². The number of Topliss-reactive ketones (excluding diaryl/α,β-unsaturated/α-hetero) is 1. The van der Waals surface area contributed by atoms with Gasteiger partial charge in [-0.2, -0.15) is 0 Å². The Morgan fingerprint density at radius 1 is 1.48 bits per heavy atom. The smallest absolute Gasteiger partial charge is 0.177 e. The predicted octanol–water partition coefficient (Wildman–Crippen LogP) is 3.09. The van der Waals surface area contributed by atoms with Crippen LogP contribution in [0.25, 0.3) is 0 Å². The maximum atomic E-state index is 12.8. The van der Waals surface area contributed by atoms with Gasteiger partial charge in [-0.1, -0.05) is 0 Å². The fourth-order valence-electron chi connectivity index (χ4n) is 3.00. The van der Waals surface area contributed by atoms with Crippen molar-refractivity contribution in [1.29, 1.82) is 0 Å². The first-order chi connectivity index (χ1) is 11.2. The topological polar surface area (TPSA) is 55.3 Å². The van der Waals surface area contributed by atoms with E-state index < -0.39 is 0 Å². The van der Waals surface area contributed by atoms with E-state index in [4.69, 9.17) is 4.74 Å². The van der Waals surface area contributed by atoms with Crippen molar-refractivity contribution in [1.82, 2.24) is 9.97 Å². The standard InChI is InChI=1S/C17H21N3O2S/c1-12-5-7-23-17(12)16(21)13-4-3-6-20(9-13)15-8-14(10-22-2)18-11-19-15/h5,7-8,11,13H,3-4,6,9-10H2,1-2H3/t13-/m1/s1. The molecule has 1 atom stereocenters. The largest absolute Gasteiger partial charge is 0.378 e. The number of hydrogen-bond acceptors (Lipinski definition) is 6. The van der Waals surface area contributed by atoms with Crippen LogP contribution in [0.4, 0.5) is 5.82 Å². The summed E-state index contributed by atoms with van der Waals surface area (Å²) in [6.45, 7) is 4.13. The molecule has 1 fully saturated rings. The Morgan fingerprint density at radius 3 is 3.09 bits per heavy atom. The van der Waals surface area contributed by atoms with E-state index in [1.165, 1.54) is 0 Å². The summed E-state index contributed by atoms with van der Waals surface area (Å²) in [5, 5.41) is 1.99. The number of methoxy groups -OCH3 is 1. The van der Waals surface area contributed by atoms with Crippen LogP contribution in [0.15, 0.2) is 23.8 Å². The second-order valence-corrected chi connectivity index (χ2v) is 6.80. The van der Waals surface area contributed by atoms with Gasteiger partial charge in [-0.05, 0) is 36.8 Å².